The van der Waals surface area contributed by atoms with E-state index in [2.05, 4.69) is 5.32 Å². The molecule has 0 aliphatic heterocycles. The molecule has 124 valence electrons. The zero-order valence-electron chi connectivity index (χ0n) is 13.4. The summed E-state index contributed by atoms with van der Waals surface area (Å²) in [5, 5.41) is 11.3. The highest BCUT2D eigenvalue weighted by Crippen LogP contribution is 2.22. The molecule has 24 heavy (non-hydrogen) atoms. The van der Waals surface area contributed by atoms with E-state index < -0.39 is 12.1 Å². The summed E-state index contributed by atoms with van der Waals surface area (Å²) in [6.45, 7) is 1.82. The third kappa shape index (κ3) is 5.28. The summed E-state index contributed by atoms with van der Waals surface area (Å²) in [6.07, 6.45) is 1.42. The van der Waals surface area contributed by atoms with E-state index >= 15 is 0 Å². The molecule has 0 unspecified atom stereocenters. The van der Waals surface area contributed by atoms with E-state index in [1.165, 1.54) is 6.92 Å². The summed E-state index contributed by atoms with van der Waals surface area (Å²) < 4.78 is 5.17. The van der Waals surface area contributed by atoms with E-state index in [4.69, 9.17) is 9.84 Å². The summed E-state index contributed by atoms with van der Waals surface area (Å²) in [6, 6.07) is 17.1. The third-order valence-electron chi connectivity index (χ3n) is 3.37. The van der Waals surface area contributed by atoms with E-state index in [9.17, 15) is 9.59 Å². The van der Waals surface area contributed by atoms with E-state index in [-0.39, 0.29) is 5.57 Å². The van der Waals surface area contributed by atoms with Gasteiger partial charge in [-0.2, -0.15) is 0 Å². The van der Waals surface area contributed by atoms with Crippen LogP contribution >= 0.6 is 0 Å². The minimum atomic E-state index is -0.962. The second kappa shape index (κ2) is 8.53. The number of hydrogen-bond donors (Lipinski definition) is 2. The summed E-state index contributed by atoms with van der Waals surface area (Å²) in [5.41, 5.74) is 2.38. The van der Waals surface area contributed by atoms with Crippen molar-refractivity contribution in [2.24, 2.45) is 0 Å². The quantitative estimate of drug-likeness (QED) is 0.624. The van der Waals surface area contributed by atoms with Crippen molar-refractivity contribution >= 4 is 12.1 Å². The van der Waals surface area contributed by atoms with Gasteiger partial charge in [0.05, 0.1) is 0 Å². The number of carbonyl (C=O) groups excluding carboxylic acids is 1. The van der Waals surface area contributed by atoms with Crippen LogP contribution in [0.5, 0.6) is 5.75 Å². The van der Waals surface area contributed by atoms with Crippen LogP contribution in [0.3, 0.4) is 0 Å². The lowest BCUT2D eigenvalue weighted by molar-refractivity contribution is -0.132. The standard InChI is InChI=1S/C19H19NO4/c1-14(18(21)22)6-5-13-20-19(23)24-17-11-9-16(10-12-17)15-7-3-2-4-8-15/h2-4,6-12H,5,13H2,1H3,(H,20,23)(H,21,22)/b14-6+. The minimum absolute atomic E-state index is 0.252. The van der Waals surface area contributed by atoms with Gasteiger partial charge in [-0.3, -0.25) is 0 Å². The highest BCUT2D eigenvalue weighted by atomic mass is 16.6. The largest absolute Gasteiger partial charge is 0.478 e. The molecule has 0 aliphatic rings. The fraction of sp³-hybridized carbons (Fsp3) is 0.158. The molecule has 0 atom stereocenters. The van der Waals surface area contributed by atoms with Crippen molar-refractivity contribution in [3.63, 3.8) is 0 Å². The number of amides is 1. The molecular formula is C19H19NO4. The van der Waals surface area contributed by atoms with Gasteiger partial charge in [-0.15, -0.1) is 0 Å². The monoisotopic (exact) mass is 325 g/mol. The number of ether oxygens (including phenoxy) is 1. The molecule has 5 nitrogen and oxygen atoms in total. The molecular weight excluding hydrogens is 306 g/mol. The average molecular weight is 325 g/mol. The van der Waals surface area contributed by atoms with Crippen LogP contribution in [-0.4, -0.2) is 23.7 Å². The van der Waals surface area contributed by atoms with Gasteiger partial charge < -0.3 is 15.2 Å². The summed E-state index contributed by atoms with van der Waals surface area (Å²) >= 11 is 0. The number of carboxylic acid groups (broad SMARTS) is 1. The zero-order valence-corrected chi connectivity index (χ0v) is 13.4. The van der Waals surface area contributed by atoms with E-state index in [1.54, 1.807) is 18.2 Å². The maximum absolute atomic E-state index is 11.7. The Hall–Kier alpha value is -3.08. The molecule has 0 fully saturated rings. The van der Waals surface area contributed by atoms with E-state index in [0.29, 0.717) is 18.7 Å². The van der Waals surface area contributed by atoms with Gasteiger partial charge in [-0.25, -0.2) is 9.59 Å². The summed E-state index contributed by atoms with van der Waals surface area (Å²) in [5.74, 6) is -0.513. The Morgan fingerprint density at radius 1 is 1.04 bits per heavy atom. The van der Waals surface area contributed by atoms with Crippen molar-refractivity contribution < 1.29 is 19.4 Å². The van der Waals surface area contributed by atoms with Crippen molar-refractivity contribution in [1.29, 1.82) is 0 Å². The first-order valence-electron chi connectivity index (χ1n) is 7.57. The molecule has 0 spiro atoms. The second-order valence-corrected chi connectivity index (χ2v) is 5.19. The number of benzene rings is 2. The molecule has 0 heterocycles. The second-order valence-electron chi connectivity index (χ2n) is 5.19. The van der Waals surface area contributed by atoms with Crippen LogP contribution in [-0.2, 0) is 4.79 Å². The predicted octanol–water partition coefficient (Wildman–Crippen LogP) is 3.86. The SMILES string of the molecule is C/C(=C\CCNC(=O)Oc1ccc(-c2ccccc2)cc1)C(=O)O. The molecule has 0 aliphatic carbocycles. The van der Waals surface area contributed by atoms with Crippen molar-refractivity contribution in [1.82, 2.24) is 5.32 Å². The number of rotatable bonds is 6. The van der Waals surface area contributed by atoms with Crippen molar-refractivity contribution in [2.75, 3.05) is 6.54 Å². The van der Waals surface area contributed by atoms with Crippen LogP contribution in [0.2, 0.25) is 0 Å². The maximum atomic E-state index is 11.7. The molecule has 2 rings (SSSR count). The number of nitrogens with one attached hydrogen (secondary N) is 1. The van der Waals surface area contributed by atoms with E-state index in [0.717, 1.165) is 11.1 Å². The van der Waals surface area contributed by atoms with Crippen LogP contribution < -0.4 is 10.1 Å². The Morgan fingerprint density at radius 3 is 2.29 bits per heavy atom. The topological polar surface area (TPSA) is 75.6 Å². The van der Waals surface area contributed by atoms with Gasteiger partial charge >= 0.3 is 12.1 Å². The molecule has 0 aromatic heterocycles. The van der Waals surface area contributed by atoms with E-state index in [1.807, 2.05) is 42.5 Å². The van der Waals surface area contributed by atoms with Gasteiger partial charge in [0.2, 0.25) is 0 Å². The lowest BCUT2D eigenvalue weighted by Gasteiger charge is -2.07. The highest BCUT2D eigenvalue weighted by Gasteiger charge is 2.04. The van der Waals surface area contributed by atoms with Gasteiger partial charge in [-0.1, -0.05) is 48.5 Å². The number of carbonyl (C=O) groups is 2. The van der Waals surface area contributed by atoms with Crippen LogP contribution in [0, 0.1) is 0 Å². The van der Waals surface area contributed by atoms with Gasteiger partial charge in [0.15, 0.2) is 0 Å². The molecule has 0 radical (unpaired) electrons. The fourth-order valence-corrected chi connectivity index (χ4v) is 2.04. The van der Waals surface area contributed by atoms with Crippen LogP contribution in [0.25, 0.3) is 11.1 Å². The molecule has 5 heteroatoms. The fourth-order valence-electron chi connectivity index (χ4n) is 2.04. The Bertz CT molecular complexity index is 721. The zero-order chi connectivity index (χ0) is 17.4. The van der Waals surface area contributed by atoms with Crippen molar-refractivity contribution in [2.45, 2.75) is 13.3 Å². The Labute approximate surface area is 140 Å². The molecule has 2 N–H and O–H groups in total. The van der Waals surface area contributed by atoms with Gasteiger partial charge in [0.25, 0.3) is 0 Å². The molecule has 2 aromatic rings. The smallest absolute Gasteiger partial charge is 0.412 e. The van der Waals surface area contributed by atoms with Gasteiger partial charge in [-0.05, 0) is 36.6 Å². The lowest BCUT2D eigenvalue weighted by atomic mass is 10.1. The predicted molar refractivity (Wildman–Crippen MR) is 91.9 cm³/mol. The molecule has 2 aromatic carbocycles. The third-order valence-corrected chi connectivity index (χ3v) is 3.37. The highest BCUT2D eigenvalue weighted by molar-refractivity contribution is 5.85. The first kappa shape index (κ1) is 17.3. The first-order valence-corrected chi connectivity index (χ1v) is 7.57. The summed E-state index contributed by atoms with van der Waals surface area (Å²) in [4.78, 5) is 22.3. The normalized spacial score (nSPS) is 11.0. The molecule has 0 saturated carbocycles. The number of hydrogen-bond acceptors (Lipinski definition) is 3. The van der Waals surface area contributed by atoms with Crippen molar-refractivity contribution in [3.8, 4) is 16.9 Å². The minimum Gasteiger partial charge on any atom is -0.478 e. The Kier molecular flexibility index (Phi) is 6.14. The van der Waals surface area contributed by atoms with Crippen LogP contribution in [0.4, 0.5) is 4.79 Å². The Balaban J connectivity index is 1.82. The van der Waals surface area contributed by atoms with Gasteiger partial charge in [0.1, 0.15) is 5.75 Å². The number of aliphatic carboxylic acids is 1. The van der Waals surface area contributed by atoms with Gasteiger partial charge in [0, 0.05) is 12.1 Å². The first-order chi connectivity index (χ1) is 11.6. The van der Waals surface area contributed by atoms with Crippen LogP contribution in [0.15, 0.2) is 66.2 Å². The lowest BCUT2D eigenvalue weighted by Crippen LogP contribution is -2.27. The Morgan fingerprint density at radius 2 is 1.67 bits per heavy atom. The number of carboxylic acids is 1. The molecule has 0 saturated heterocycles. The molecule has 0 bridgehead atoms. The summed E-state index contributed by atoms with van der Waals surface area (Å²) in [7, 11) is 0. The molecule has 1 amide bonds. The average Bonchev–Trinajstić information content (AvgIpc) is 2.60. The maximum Gasteiger partial charge on any atom is 0.412 e. The van der Waals surface area contributed by atoms with Crippen molar-refractivity contribution in [3.05, 3.63) is 66.2 Å². The van der Waals surface area contributed by atoms with Crippen LogP contribution in [0.1, 0.15) is 13.3 Å².